The van der Waals surface area contributed by atoms with Crippen molar-refractivity contribution in [1.82, 2.24) is 10.3 Å². The quantitative estimate of drug-likeness (QED) is 0.780. The molecule has 0 saturated heterocycles. The van der Waals surface area contributed by atoms with Crippen molar-refractivity contribution >= 4 is 5.69 Å². The predicted molar refractivity (Wildman–Crippen MR) is 74.8 cm³/mol. The maximum absolute atomic E-state index is 12.7. The van der Waals surface area contributed by atoms with Crippen LogP contribution in [0.1, 0.15) is 32.8 Å². The summed E-state index contributed by atoms with van der Waals surface area (Å²) in [5.41, 5.74) is 1.38. The Bertz CT molecular complexity index is 405. The minimum absolute atomic E-state index is 0.245. The Labute approximate surface area is 118 Å². The van der Waals surface area contributed by atoms with Crippen LogP contribution in [0.2, 0.25) is 0 Å². The van der Waals surface area contributed by atoms with Crippen LogP contribution in [0.3, 0.4) is 0 Å². The van der Waals surface area contributed by atoms with Crippen LogP contribution in [0, 0.1) is 0 Å². The Morgan fingerprint density at radius 2 is 2.05 bits per heavy atom. The van der Waals surface area contributed by atoms with Gasteiger partial charge < -0.3 is 10.2 Å². The highest BCUT2D eigenvalue weighted by molar-refractivity contribution is 5.52. The van der Waals surface area contributed by atoms with Crippen LogP contribution in [-0.2, 0) is 6.54 Å². The molecule has 0 amide bonds. The minimum Gasteiger partial charge on any atom is -0.359 e. The molecule has 3 nitrogen and oxygen atoms in total. The van der Waals surface area contributed by atoms with E-state index >= 15 is 0 Å². The summed E-state index contributed by atoms with van der Waals surface area (Å²) < 4.78 is 38.1. The minimum atomic E-state index is -4.23. The molecule has 1 aromatic rings. The third-order valence-electron chi connectivity index (χ3n) is 2.91. The van der Waals surface area contributed by atoms with Gasteiger partial charge >= 0.3 is 6.18 Å². The van der Waals surface area contributed by atoms with E-state index < -0.39 is 12.7 Å². The molecule has 0 aliphatic heterocycles. The Morgan fingerprint density at radius 3 is 2.60 bits per heavy atom. The standard InChI is InChI=1S/C14H22F3N3/c1-4-6-18-8-12-5-7-19-9-13(12)20(11(2)3)10-14(15,16)17/h5,7,9,11,18H,4,6,8,10H2,1-3H3. The van der Waals surface area contributed by atoms with Gasteiger partial charge in [-0.25, -0.2) is 0 Å². The van der Waals surface area contributed by atoms with Crippen LogP contribution in [0.5, 0.6) is 0 Å². The number of nitrogens with zero attached hydrogens (tertiary/aromatic N) is 2. The lowest BCUT2D eigenvalue weighted by Gasteiger charge is -2.31. The molecule has 0 aliphatic rings. The number of rotatable bonds is 7. The molecule has 0 atom stereocenters. The Morgan fingerprint density at radius 1 is 1.35 bits per heavy atom. The molecule has 0 aliphatic carbocycles. The highest BCUT2D eigenvalue weighted by Crippen LogP contribution is 2.26. The average Bonchev–Trinajstić information content (AvgIpc) is 2.36. The topological polar surface area (TPSA) is 28.2 Å². The van der Waals surface area contributed by atoms with E-state index in [1.54, 1.807) is 26.1 Å². The van der Waals surface area contributed by atoms with E-state index in [0.29, 0.717) is 12.2 Å². The van der Waals surface area contributed by atoms with E-state index in [1.807, 2.05) is 6.92 Å². The summed E-state index contributed by atoms with van der Waals surface area (Å²) in [6, 6.07) is 1.52. The van der Waals surface area contributed by atoms with Crippen LogP contribution >= 0.6 is 0 Å². The Hall–Kier alpha value is -1.30. The molecule has 1 aromatic heterocycles. The largest absolute Gasteiger partial charge is 0.405 e. The number of alkyl halides is 3. The second-order valence-electron chi connectivity index (χ2n) is 5.02. The number of aromatic nitrogens is 1. The van der Waals surface area contributed by atoms with Crippen molar-refractivity contribution in [1.29, 1.82) is 0 Å². The number of nitrogens with one attached hydrogen (secondary N) is 1. The smallest absolute Gasteiger partial charge is 0.359 e. The lowest BCUT2D eigenvalue weighted by Crippen LogP contribution is -2.40. The average molecular weight is 289 g/mol. The summed E-state index contributed by atoms with van der Waals surface area (Å²) in [7, 11) is 0. The first-order chi connectivity index (χ1) is 9.35. The molecular weight excluding hydrogens is 267 g/mol. The third kappa shape index (κ3) is 5.36. The fraction of sp³-hybridized carbons (Fsp3) is 0.643. The van der Waals surface area contributed by atoms with Gasteiger partial charge in [0.15, 0.2) is 0 Å². The number of anilines is 1. The molecule has 0 radical (unpaired) electrons. The van der Waals surface area contributed by atoms with Crippen LogP contribution < -0.4 is 10.2 Å². The van der Waals surface area contributed by atoms with Gasteiger partial charge in [-0.3, -0.25) is 4.98 Å². The Balaban J connectivity index is 2.95. The van der Waals surface area contributed by atoms with Gasteiger partial charge in [0.2, 0.25) is 0 Å². The SMILES string of the molecule is CCCNCc1ccncc1N(CC(F)(F)F)C(C)C. The van der Waals surface area contributed by atoms with Crippen LogP contribution in [0.25, 0.3) is 0 Å². The summed E-state index contributed by atoms with van der Waals surface area (Å²) in [4.78, 5) is 5.31. The fourth-order valence-corrected chi connectivity index (χ4v) is 1.96. The van der Waals surface area contributed by atoms with Gasteiger partial charge in [-0.2, -0.15) is 13.2 Å². The maximum Gasteiger partial charge on any atom is 0.405 e. The molecule has 114 valence electrons. The van der Waals surface area contributed by atoms with E-state index in [9.17, 15) is 13.2 Å². The summed E-state index contributed by atoms with van der Waals surface area (Å²) in [6.07, 6.45) is -0.127. The molecule has 0 unspecified atom stereocenters. The van der Waals surface area contributed by atoms with Crippen molar-refractivity contribution in [3.63, 3.8) is 0 Å². The zero-order chi connectivity index (χ0) is 15.2. The molecule has 1 heterocycles. The molecule has 6 heteroatoms. The first kappa shape index (κ1) is 16.8. The molecule has 0 fully saturated rings. The van der Waals surface area contributed by atoms with Gasteiger partial charge in [0.05, 0.1) is 11.9 Å². The predicted octanol–water partition coefficient (Wildman–Crippen LogP) is 3.36. The lowest BCUT2D eigenvalue weighted by atomic mass is 10.1. The molecule has 20 heavy (non-hydrogen) atoms. The first-order valence-corrected chi connectivity index (χ1v) is 6.82. The summed E-state index contributed by atoms with van der Waals surface area (Å²) in [5, 5.41) is 3.21. The van der Waals surface area contributed by atoms with E-state index in [0.717, 1.165) is 18.5 Å². The summed E-state index contributed by atoms with van der Waals surface area (Å²) >= 11 is 0. The van der Waals surface area contributed by atoms with Crippen molar-refractivity contribution in [3.8, 4) is 0 Å². The van der Waals surface area contributed by atoms with Crippen molar-refractivity contribution < 1.29 is 13.2 Å². The zero-order valence-electron chi connectivity index (χ0n) is 12.2. The van der Waals surface area contributed by atoms with Gasteiger partial charge in [0, 0.05) is 18.8 Å². The van der Waals surface area contributed by atoms with Gasteiger partial charge in [-0.1, -0.05) is 6.92 Å². The highest BCUT2D eigenvalue weighted by atomic mass is 19.4. The molecule has 1 N–H and O–H groups in total. The number of hydrogen-bond acceptors (Lipinski definition) is 3. The normalized spacial score (nSPS) is 11.9. The van der Waals surface area contributed by atoms with Crippen molar-refractivity contribution in [3.05, 3.63) is 24.0 Å². The van der Waals surface area contributed by atoms with E-state index in [4.69, 9.17) is 0 Å². The molecule has 0 bridgehead atoms. The van der Waals surface area contributed by atoms with E-state index in [2.05, 4.69) is 10.3 Å². The molecular formula is C14H22F3N3. The second-order valence-corrected chi connectivity index (χ2v) is 5.02. The third-order valence-corrected chi connectivity index (χ3v) is 2.91. The molecule has 1 rings (SSSR count). The maximum atomic E-state index is 12.7. The molecule has 0 spiro atoms. The van der Waals surface area contributed by atoms with Crippen molar-refractivity contribution in [2.24, 2.45) is 0 Å². The first-order valence-electron chi connectivity index (χ1n) is 6.82. The summed E-state index contributed by atoms with van der Waals surface area (Å²) in [5.74, 6) is 0. The van der Waals surface area contributed by atoms with Crippen LogP contribution in [-0.4, -0.2) is 30.3 Å². The number of pyridine rings is 1. The van der Waals surface area contributed by atoms with Gasteiger partial charge in [-0.05, 0) is 38.4 Å². The molecule has 0 aromatic carbocycles. The molecule has 0 saturated carbocycles. The highest BCUT2D eigenvalue weighted by Gasteiger charge is 2.32. The van der Waals surface area contributed by atoms with Crippen molar-refractivity contribution in [2.45, 2.75) is 46.0 Å². The number of hydrogen-bond donors (Lipinski definition) is 1. The van der Waals surface area contributed by atoms with Crippen LogP contribution in [0.4, 0.5) is 18.9 Å². The van der Waals surface area contributed by atoms with Gasteiger partial charge in [0.25, 0.3) is 0 Å². The Kier molecular flexibility index (Phi) is 6.26. The van der Waals surface area contributed by atoms with Gasteiger partial charge in [-0.15, -0.1) is 0 Å². The monoisotopic (exact) mass is 289 g/mol. The van der Waals surface area contributed by atoms with Crippen LogP contribution in [0.15, 0.2) is 18.5 Å². The van der Waals surface area contributed by atoms with E-state index in [-0.39, 0.29) is 6.04 Å². The van der Waals surface area contributed by atoms with E-state index in [1.165, 1.54) is 11.1 Å². The fourth-order valence-electron chi connectivity index (χ4n) is 1.96. The lowest BCUT2D eigenvalue weighted by molar-refractivity contribution is -0.120. The van der Waals surface area contributed by atoms with Gasteiger partial charge in [0.1, 0.15) is 6.54 Å². The van der Waals surface area contributed by atoms with Crippen molar-refractivity contribution in [2.75, 3.05) is 18.0 Å². The summed E-state index contributed by atoms with van der Waals surface area (Å²) in [6.45, 7) is 5.97. The second kappa shape index (κ2) is 7.47. The zero-order valence-corrected chi connectivity index (χ0v) is 12.2. The number of halogens is 3.